The van der Waals surface area contributed by atoms with E-state index in [-0.39, 0.29) is 11.9 Å². The van der Waals surface area contributed by atoms with Gasteiger partial charge in [-0.15, -0.1) is 11.3 Å². The summed E-state index contributed by atoms with van der Waals surface area (Å²) in [4.78, 5) is 18.8. The minimum absolute atomic E-state index is 0.131. The summed E-state index contributed by atoms with van der Waals surface area (Å²) in [5, 5.41) is 5.92. The largest absolute Gasteiger partial charge is 0.323 e. The van der Waals surface area contributed by atoms with Crippen molar-refractivity contribution in [3.63, 3.8) is 0 Å². The van der Waals surface area contributed by atoms with Gasteiger partial charge in [-0.1, -0.05) is 19.1 Å². The molecule has 1 aliphatic rings. The zero-order chi connectivity index (χ0) is 17.1. The van der Waals surface area contributed by atoms with Gasteiger partial charge in [0.2, 0.25) is 0 Å². The lowest BCUT2D eigenvalue weighted by molar-refractivity contribution is 0.210. The van der Waals surface area contributed by atoms with Gasteiger partial charge in [0.05, 0.1) is 0 Å². The number of urea groups is 1. The van der Waals surface area contributed by atoms with E-state index in [1.807, 2.05) is 43.5 Å². The van der Waals surface area contributed by atoms with Crippen molar-refractivity contribution >= 4 is 33.9 Å². The van der Waals surface area contributed by atoms with E-state index in [4.69, 9.17) is 0 Å². The molecule has 1 fully saturated rings. The molecule has 2 atom stereocenters. The summed E-state index contributed by atoms with van der Waals surface area (Å²) in [6.07, 6.45) is 0. The topological polar surface area (TPSA) is 62.3 Å². The molecule has 7 heteroatoms. The van der Waals surface area contributed by atoms with Crippen LogP contribution in [0.1, 0.15) is 12.6 Å². The van der Waals surface area contributed by atoms with Crippen molar-refractivity contribution in [1.29, 1.82) is 0 Å². The van der Waals surface area contributed by atoms with Crippen molar-refractivity contribution in [2.75, 3.05) is 29.9 Å². The molecule has 128 valence electrons. The van der Waals surface area contributed by atoms with Gasteiger partial charge in [-0.25, -0.2) is 9.78 Å². The quantitative estimate of drug-likeness (QED) is 0.890. The zero-order valence-corrected chi connectivity index (χ0v) is 15.5. The molecule has 0 spiro atoms. The third kappa shape index (κ3) is 4.21. The average Bonchev–Trinajstić information content (AvgIpc) is 2.90. The second kappa shape index (κ2) is 7.44. The number of aryl methyl sites for hydroxylation is 1. The molecule has 24 heavy (non-hydrogen) atoms. The van der Waals surface area contributed by atoms with Crippen molar-refractivity contribution < 1.29 is 9.00 Å². The molecule has 2 heterocycles. The molecule has 0 saturated carbocycles. The van der Waals surface area contributed by atoms with Gasteiger partial charge in [0.1, 0.15) is 5.01 Å². The summed E-state index contributed by atoms with van der Waals surface area (Å²) in [7, 11) is -0.826. The number of hydrogen-bond donors (Lipinski definition) is 1. The first-order valence-corrected chi connectivity index (χ1v) is 10.3. The molecule has 0 bridgehead atoms. The van der Waals surface area contributed by atoms with Gasteiger partial charge >= 0.3 is 6.03 Å². The van der Waals surface area contributed by atoms with E-state index in [9.17, 15) is 9.00 Å². The maximum absolute atomic E-state index is 12.5. The highest BCUT2D eigenvalue weighted by molar-refractivity contribution is 7.85. The highest BCUT2D eigenvalue weighted by Gasteiger charge is 2.22. The second-order valence-corrected chi connectivity index (χ2v) is 8.65. The molecule has 2 amide bonds. The van der Waals surface area contributed by atoms with Crippen LogP contribution in [0, 0.1) is 12.8 Å². The van der Waals surface area contributed by atoms with Crippen molar-refractivity contribution in [2.45, 2.75) is 13.8 Å². The Balaban J connectivity index is 1.71. The Morgan fingerprint density at radius 3 is 3.04 bits per heavy atom. The fraction of sp³-hybridized carbons (Fsp3) is 0.412. The number of carbonyl (C=O) groups excluding carboxylic acids is 1. The molecule has 1 aromatic heterocycles. The third-order valence-corrected chi connectivity index (χ3v) is 6.45. The Hall–Kier alpha value is -1.73. The maximum atomic E-state index is 12.5. The molecule has 1 saturated heterocycles. The van der Waals surface area contributed by atoms with E-state index >= 15 is 0 Å². The van der Waals surface area contributed by atoms with E-state index in [1.165, 1.54) is 0 Å². The SMILES string of the molecule is Cc1csc(-c2cccc(NC(=O)N3CCS(=O)CC(C)C3)c2)n1. The van der Waals surface area contributed by atoms with Crippen LogP contribution in [-0.2, 0) is 10.8 Å². The fourth-order valence-corrected chi connectivity index (χ4v) is 4.86. The standard InChI is InChI=1S/C17H21N3O2S2/c1-12-9-20(6-7-24(22)11-12)17(21)19-15-5-3-4-14(8-15)16-18-13(2)10-23-16/h3-5,8,10,12H,6-7,9,11H2,1-2H3,(H,19,21). The van der Waals surface area contributed by atoms with Gasteiger partial charge in [0.15, 0.2) is 0 Å². The highest BCUT2D eigenvalue weighted by atomic mass is 32.2. The van der Waals surface area contributed by atoms with Gasteiger partial charge in [-0.05, 0) is 25.0 Å². The Morgan fingerprint density at radius 1 is 1.46 bits per heavy atom. The minimum atomic E-state index is -0.826. The van der Waals surface area contributed by atoms with Crippen LogP contribution >= 0.6 is 11.3 Å². The molecule has 1 aliphatic heterocycles. The van der Waals surface area contributed by atoms with Crippen molar-refractivity contribution in [3.8, 4) is 10.6 Å². The summed E-state index contributed by atoms with van der Waals surface area (Å²) in [5.41, 5.74) is 2.75. The second-order valence-electron chi connectivity index (χ2n) is 6.17. The van der Waals surface area contributed by atoms with Gasteiger partial charge in [-0.2, -0.15) is 0 Å². The monoisotopic (exact) mass is 363 g/mol. The van der Waals surface area contributed by atoms with Gasteiger partial charge < -0.3 is 10.2 Å². The predicted octanol–water partition coefficient (Wildman–Crippen LogP) is 3.35. The number of carbonyl (C=O) groups is 1. The number of amides is 2. The Kier molecular flexibility index (Phi) is 5.30. The van der Waals surface area contributed by atoms with Gasteiger partial charge in [0, 0.05) is 57.7 Å². The maximum Gasteiger partial charge on any atom is 0.321 e. The van der Waals surface area contributed by atoms with Gasteiger partial charge in [0.25, 0.3) is 0 Å². The van der Waals surface area contributed by atoms with Crippen LogP contribution in [0.2, 0.25) is 0 Å². The van der Waals surface area contributed by atoms with E-state index < -0.39 is 10.8 Å². The first-order chi connectivity index (χ1) is 11.5. The van der Waals surface area contributed by atoms with Crippen molar-refractivity contribution in [1.82, 2.24) is 9.88 Å². The number of rotatable bonds is 2. The lowest BCUT2D eigenvalue weighted by Gasteiger charge is -2.22. The Morgan fingerprint density at radius 2 is 2.29 bits per heavy atom. The van der Waals surface area contributed by atoms with Crippen LogP contribution in [0.4, 0.5) is 10.5 Å². The number of aromatic nitrogens is 1. The molecule has 1 N–H and O–H groups in total. The highest BCUT2D eigenvalue weighted by Crippen LogP contribution is 2.26. The molecule has 3 rings (SSSR count). The van der Waals surface area contributed by atoms with Crippen LogP contribution in [-0.4, -0.2) is 44.7 Å². The first kappa shape index (κ1) is 17.1. The molecule has 5 nitrogen and oxygen atoms in total. The van der Waals surface area contributed by atoms with Crippen LogP contribution in [0.15, 0.2) is 29.6 Å². The van der Waals surface area contributed by atoms with Crippen molar-refractivity contribution in [2.24, 2.45) is 5.92 Å². The molecular formula is C17H21N3O2S2. The van der Waals surface area contributed by atoms with Gasteiger partial charge in [-0.3, -0.25) is 4.21 Å². The molecule has 0 radical (unpaired) electrons. The van der Waals surface area contributed by atoms with Crippen molar-refractivity contribution in [3.05, 3.63) is 35.3 Å². The predicted molar refractivity (Wildman–Crippen MR) is 99.9 cm³/mol. The van der Waals surface area contributed by atoms with Crippen LogP contribution in [0.5, 0.6) is 0 Å². The summed E-state index contributed by atoms with van der Waals surface area (Å²) >= 11 is 1.59. The molecular weight excluding hydrogens is 342 g/mol. The fourth-order valence-electron chi connectivity index (χ4n) is 2.74. The summed E-state index contributed by atoms with van der Waals surface area (Å²) in [5.74, 6) is 1.47. The number of nitrogens with zero attached hydrogens (tertiary/aromatic N) is 2. The smallest absolute Gasteiger partial charge is 0.321 e. The first-order valence-electron chi connectivity index (χ1n) is 7.95. The van der Waals surface area contributed by atoms with E-state index in [1.54, 1.807) is 16.2 Å². The minimum Gasteiger partial charge on any atom is -0.323 e. The normalized spacial score (nSPS) is 21.3. The third-order valence-electron chi connectivity index (χ3n) is 3.86. The molecule has 1 aromatic carbocycles. The van der Waals surface area contributed by atoms with Crippen LogP contribution < -0.4 is 5.32 Å². The summed E-state index contributed by atoms with van der Waals surface area (Å²) in [6.45, 7) is 5.18. The zero-order valence-electron chi connectivity index (χ0n) is 13.8. The van der Waals surface area contributed by atoms with E-state index in [0.717, 1.165) is 22.0 Å². The van der Waals surface area contributed by atoms with E-state index in [2.05, 4.69) is 10.3 Å². The number of anilines is 1. The van der Waals surface area contributed by atoms with E-state index in [0.29, 0.717) is 24.6 Å². The van der Waals surface area contributed by atoms with Crippen LogP contribution in [0.25, 0.3) is 10.6 Å². The Labute approximate surface area is 148 Å². The summed E-state index contributed by atoms with van der Waals surface area (Å²) in [6, 6.07) is 7.59. The molecule has 2 unspecified atom stereocenters. The number of hydrogen-bond acceptors (Lipinski definition) is 4. The molecule has 0 aliphatic carbocycles. The number of thiazole rings is 1. The Bertz CT molecular complexity index is 760. The lowest BCUT2D eigenvalue weighted by Crippen LogP contribution is -2.38. The summed E-state index contributed by atoms with van der Waals surface area (Å²) < 4.78 is 11.8. The number of nitrogens with one attached hydrogen (secondary N) is 1. The number of benzene rings is 1. The lowest BCUT2D eigenvalue weighted by atomic mass is 10.2. The van der Waals surface area contributed by atoms with Crippen LogP contribution in [0.3, 0.4) is 0 Å². The molecule has 2 aromatic rings. The average molecular weight is 364 g/mol.